The van der Waals surface area contributed by atoms with Crippen molar-refractivity contribution in [1.82, 2.24) is 4.98 Å². The number of ether oxygens (including phenoxy) is 1. The van der Waals surface area contributed by atoms with E-state index in [0.29, 0.717) is 11.6 Å². The second-order valence-electron chi connectivity index (χ2n) is 4.75. The highest BCUT2D eigenvalue weighted by atomic mass is 16.5. The molecule has 1 aromatic heterocycles. The van der Waals surface area contributed by atoms with Crippen LogP contribution < -0.4 is 10.1 Å². The maximum atomic E-state index is 11.8. The van der Waals surface area contributed by atoms with E-state index < -0.39 is 0 Å². The minimum Gasteiger partial charge on any atom is -0.484 e. The third-order valence-corrected chi connectivity index (χ3v) is 3.12. The van der Waals surface area contributed by atoms with Gasteiger partial charge in [0.15, 0.2) is 6.61 Å². The minimum absolute atomic E-state index is 0.0293. The number of aromatic nitrogens is 1. The van der Waals surface area contributed by atoms with Gasteiger partial charge in [0.25, 0.3) is 5.91 Å². The van der Waals surface area contributed by atoms with E-state index >= 15 is 0 Å². The van der Waals surface area contributed by atoms with Gasteiger partial charge in [-0.15, -0.1) is 0 Å². The zero-order chi connectivity index (χ0) is 14.5. The molecule has 0 fully saturated rings. The largest absolute Gasteiger partial charge is 0.484 e. The molecule has 0 aliphatic rings. The molecule has 1 aromatic carbocycles. The Morgan fingerprint density at radius 3 is 2.65 bits per heavy atom. The molecule has 0 saturated heterocycles. The number of benzene rings is 1. The van der Waals surface area contributed by atoms with Crippen LogP contribution in [0.2, 0.25) is 0 Å². The summed E-state index contributed by atoms with van der Waals surface area (Å²) in [6.07, 6.45) is 1.65. The fourth-order valence-corrected chi connectivity index (χ4v) is 1.74. The predicted octanol–water partition coefficient (Wildman–Crippen LogP) is 3.02. The maximum Gasteiger partial charge on any atom is 0.263 e. The Balaban J connectivity index is 1.92. The van der Waals surface area contributed by atoms with Gasteiger partial charge < -0.3 is 10.1 Å². The van der Waals surface area contributed by atoms with Crippen LogP contribution in [0.1, 0.15) is 16.7 Å². The number of amides is 1. The van der Waals surface area contributed by atoms with E-state index in [0.717, 1.165) is 11.1 Å². The van der Waals surface area contributed by atoms with Crippen LogP contribution >= 0.6 is 0 Å². The Hall–Kier alpha value is -2.36. The first-order valence-corrected chi connectivity index (χ1v) is 6.48. The highest BCUT2D eigenvalue weighted by Gasteiger charge is 2.06. The summed E-state index contributed by atoms with van der Waals surface area (Å²) in [5, 5.41) is 2.73. The van der Waals surface area contributed by atoms with Crippen LogP contribution in [0.25, 0.3) is 0 Å². The number of rotatable bonds is 4. The van der Waals surface area contributed by atoms with Crippen LogP contribution in [0.3, 0.4) is 0 Å². The summed E-state index contributed by atoms with van der Waals surface area (Å²) in [4.78, 5) is 15.9. The van der Waals surface area contributed by atoms with Crippen LogP contribution in [0.5, 0.6) is 5.75 Å². The molecular formula is C16H18N2O2. The molecular weight excluding hydrogens is 252 g/mol. The fourth-order valence-electron chi connectivity index (χ4n) is 1.74. The number of nitrogens with zero attached hydrogens (tertiary/aromatic N) is 1. The second kappa shape index (κ2) is 6.19. The van der Waals surface area contributed by atoms with Crippen molar-refractivity contribution < 1.29 is 9.53 Å². The first-order valence-electron chi connectivity index (χ1n) is 6.48. The predicted molar refractivity (Wildman–Crippen MR) is 79.0 cm³/mol. The van der Waals surface area contributed by atoms with Crippen LogP contribution in [0, 0.1) is 20.8 Å². The van der Waals surface area contributed by atoms with Crippen molar-refractivity contribution in [1.29, 1.82) is 0 Å². The van der Waals surface area contributed by atoms with Crippen molar-refractivity contribution in [3.05, 3.63) is 53.2 Å². The molecule has 0 unspecified atom stereocenters. The normalized spacial score (nSPS) is 10.2. The molecule has 0 atom stereocenters. The monoisotopic (exact) mass is 270 g/mol. The lowest BCUT2D eigenvalue weighted by molar-refractivity contribution is -0.118. The van der Waals surface area contributed by atoms with E-state index in [1.54, 1.807) is 6.20 Å². The number of pyridine rings is 1. The molecule has 0 bridgehead atoms. The van der Waals surface area contributed by atoms with Crippen molar-refractivity contribution >= 4 is 11.7 Å². The van der Waals surface area contributed by atoms with Gasteiger partial charge in [0.1, 0.15) is 11.6 Å². The van der Waals surface area contributed by atoms with Gasteiger partial charge >= 0.3 is 0 Å². The zero-order valence-corrected chi connectivity index (χ0v) is 11.9. The Morgan fingerprint density at radius 1 is 1.15 bits per heavy atom. The second-order valence-corrected chi connectivity index (χ2v) is 4.75. The molecule has 20 heavy (non-hydrogen) atoms. The Labute approximate surface area is 118 Å². The lowest BCUT2D eigenvalue weighted by Gasteiger charge is -2.09. The number of carbonyl (C=O) groups is 1. The fraction of sp³-hybridized carbons (Fsp3) is 0.250. The molecule has 2 aromatic rings. The molecule has 0 aliphatic heterocycles. The Morgan fingerprint density at radius 2 is 1.95 bits per heavy atom. The summed E-state index contributed by atoms with van der Waals surface area (Å²) in [5.41, 5.74) is 3.27. The summed E-state index contributed by atoms with van der Waals surface area (Å²) >= 11 is 0. The maximum absolute atomic E-state index is 11.8. The molecule has 1 amide bonds. The molecule has 0 saturated carbocycles. The molecule has 1 heterocycles. The highest BCUT2D eigenvalue weighted by Crippen LogP contribution is 2.16. The smallest absolute Gasteiger partial charge is 0.263 e. The van der Waals surface area contributed by atoms with Gasteiger partial charge in [-0.25, -0.2) is 4.98 Å². The van der Waals surface area contributed by atoms with Crippen molar-refractivity contribution in [3.63, 3.8) is 0 Å². The van der Waals surface area contributed by atoms with Crippen LogP contribution in [-0.2, 0) is 4.79 Å². The molecule has 0 spiro atoms. The molecule has 2 rings (SSSR count). The Kier molecular flexibility index (Phi) is 4.35. The number of aryl methyl sites for hydroxylation is 3. The van der Waals surface area contributed by atoms with Crippen LogP contribution in [-0.4, -0.2) is 17.5 Å². The summed E-state index contributed by atoms with van der Waals surface area (Å²) < 4.78 is 5.48. The van der Waals surface area contributed by atoms with Gasteiger partial charge in [0, 0.05) is 6.20 Å². The van der Waals surface area contributed by atoms with Crippen molar-refractivity contribution in [2.75, 3.05) is 11.9 Å². The quantitative estimate of drug-likeness (QED) is 0.929. The third kappa shape index (κ3) is 3.57. The van der Waals surface area contributed by atoms with Crippen LogP contribution in [0.15, 0.2) is 36.5 Å². The number of hydrogen-bond acceptors (Lipinski definition) is 3. The number of anilines is 1. The van der Waals surface area contributed by atoms with E-state index in [1.165, 1.54) is 5.56 Å². The number of carbonyl (C=O) groups excluding carboxylic acids is 1. The zero-order valence-electron chi connectivity index (χ0n) is 11.9. The average Bonchev–Trinajstić information content (AvgIpc) is 2.43. The van der Waals surface area contributed by atoms with E-state index in [2.05, 4.69) is 10.3 Å². The number of hydrogen-bond donors (Lipinski definition) is 1. The first-order chi connectivity index (χ1) is 9.56. The average molecular weight is 270 g/mol. The van der Waals surface area contributed by atoms with Gasteiger partial charge in [0.2, 0.25) is 0 Å². The van der Waals surface area contributed by atoms with Gasteiger partial charge in [0.05, 0.1) is 0 Å². The van der Waals surface area contributed by atoms with Crippen molar-refractivity contribution in [3.8, 4) is 5.75 Å². The summed E-state index contributed by atoms with van der Waals surface area (Å²) in [7, 11) is 0. The molecule has 0 radical (unpaired) electrons. The SMILES string of the molecule is Cc1ccc(OCC(=O)Nc2ncccc2C)cc1C. The van der Waals surface area contributed by atoms with Crippen molar-refractivity contribution in [2.24, 2.45) is 0 Å². The van der Waals surface area contributed by atoms with E-state index in [9.17, 15) is 4.79 Å². The summed E-state index contributed by atoms with van der Waals surface area (Å²) in [6.45, 7) is 5.92. The standard InChI is InChI=1S/C16H18N2O2/c1-11-6-7-14(9-13(11)3)20-10-15(19)18-16-12(2)5-4-8-17-16/h4-9H,10H2,1-3H3,(H,17,18,19). The molecule has 104 valence electrons. The van der Waals surface area contributed by atoms with Gasteiger partial charge in [-0.1, -0.05) is 12.1 Å². The molecule has 4 heteroatoms. The molecule has 0 aliphatic carbocycles. The van der Waals surface area contributed by atoms with Gasteiger partial charge in [-0.3, -0.25) is 4.79 Å². The van der Waals surface area contributed by atoms with Gasteiger partial charge in [-0.2, -0.15) is 0 Å². The first kappa shape index (κ1) is 14.1. The van der Waals surface area contributed by atoms with Crippen molar-refractivity contribution in [2.45, 2.75) is 20.8 Å². The lowest BCUT2D eigenvalue weighted by Crippen LogP contribution is -2.21. The van der Waals surface area contributed by atoms with E-state index in [1.807, 2.05) is 51.1 Å². The topological polar surface area (TPSA) is 51.2 Å². The summed E-state index contributed by atoms with van der Waals surface area (Å²) in [5.74, 6) is 1.05. The third-order valence-electron chi connectivity index (χ3n) is 3.12. The minimum atomic E-state index is -0.218. The lowest BCUT2D eigenvalue weighted by atomic mass is 10.1. The molecule has 1 N–H and O–H groups in total. The van der Waals surface area contributed by atoms with E-state index in [4.69, 9.17) is 4.74 Å². The molecule has 4 nitrogen and oxygen atoms in total. The van der Waals surface area contributed by atoms with Gasteiger partial charge in [-0.05, 0) is 55.7 Å². The Bertz CT molecular complexity index is 624. The highest BCUT2D eigenvalue weighted by molar-refractivity contribution is 5.91. The number of nitrogens with one attached hydrogen (secondary N) is 1. The van der Waals surface area contributed by atoms with E-state index in [-0.39, 0.29) is 12.5 Å². The summed E-state index contributed by atoms with van der Waals surface area (Å²) in [6, 6.07) is 9.49. The van der Waals surface area contributed by atoms with Crippen LogP contribution in [0.4, 0.5) is 5.82 Å².